The Morgan fingerprint density at radius 1 is 1.20 bits per heavy atom. The van der Waals surface area contributed by atoms with Gasteiger partial charge in [0.1, 0.15) is 10.9 Å². The van der Waals surface area contributed by atoms with E-state index in [2.05, 4.69) is 20.8 Å². The van der Waals surface area contributed by atoms with Gasteiger partial charge in [0.15, 0.2) is 15.5 Å². The summed E-state index contributed by atoms with van der Waals surface area (Å²) in [6, 6.07) is 9.69. The summed E-state index contributed by atoms with van der Waals surface area (Å²) in [5.41, 5.74) is -1.47. The van der Waals surface area contributed by atoms with Crippen LogP contribution in [0.2, 0.25) is 0 Å². The van der Waals surface area contributed by atoms with Crippen molar-refractivity contribution in [3.8, 4) is 0 Å². The number of sulfone groups is 1. The Balaban J connectivity index is 2.02. The van der Waals surface area contributed by atoms with Gasteiger partial charge < -0.3 is 10.2 Å². The molecule has 8 nitrogen and oxygen atoms in total. The number of rotatable bonds is 5. The first kappa shape index (κ1) is 22.9. The van der Waals surface area contributed by atoms with Crippen molar-refractivity contribution in [2.45, 2.75) is 27.6 Å². The van der Waals surface area contributed by atoms with Crippen molar-refractivity contribution in [3.63, 3.8) is 0 Å². The Kier molecular flexibility index (Phi) is 6.12. The molecule has 3 rings (SSSR count). The van der Waals surface area contributed by atoms with Crippen molar-refractivity contribution in [2.24, 2.45) is 0 Å². The van der Waals surface area contributed by atoms with Gasteiger partial charge in [-0.25, -0.2) is 21.7 Å². The van der Waals surface area contributed by atoms with Crippen LogP contribution in [0, 0.1) is 13.5 Å². The molecule has 0 amide bonds. The molecule has 0 aromatic heterocycles. The predicted octanol–water partition coefficient (Wildman–Crippen LogP) is 1.88. The van der Waals surface area contributed by atoms with Gasteiger partial charge in [0.25, 0.3) is 0 Å². The lowest BCUT2D eigenvalue weighted by molar-refractivity contribution is 0.00160. The Labute approximate surface area is 183 Å². The Bertz CT molecular complexity index is 1220. The number of nitrogens with zero attached hydrogens (tertiary/aromatic N) is 2. The molecule has 160 valence electrons. The minimum atomic E-state index is -4.20. The van der Waals surface area contributed by atoms with E-state index in [9.17, 15) is 27.0 Å². The van der Waals surface area contributed by atoms with Crippen molar-refractivity contribution in [2.75, 3.05) is 19.7 Å². The number of aliphatic hydroxyl groups excluding tert-OH is 1. The quantitative estimate of drug-likeness (QED) is 0.588. The molecule has 2 aromatic carbocycles. The molecule has 1 aliphatic heterocycles. The van der Waals surface area contributed by atoms with Gasteiger partial charge in [0.05, 0.1) is 23.0 Å². The average Bonchev–Trinajstić information content (AvgIpc) is 3.07. The number of benzene rings is 2. The normalized spacial score (nSPS) is 22.7. The first-order valence-electron chi connectivity index (χ1n) is 8.77. The van der Waals surface area contributed by atoms with Gasteiger partial charge in [0, 0.05) is 17.6 Å². The van der Waals surface area contributed by atoms with E-state index in [4.69, 9.17) is 6.57 Å². The van der Waals surface area contributed by atoms with Crippen LogP contribution in [0.4, 0.5) is 5.69 Å². The van der Waals surface area contributed by atoms with Crippen LogP contribution in [-0.4, -0.2) is 61.9 Å². The fourth-order valence-corrected chi connectivity index (χ4v) is 7.70. The van der Waals surface area contributed by atoms with E-state index < -0.39 is 50.4 Å². The fourth-order valence-electron chi connectivity index (χ4n) is 3.46. The molecule has 0 aliphatic carbocycles. The van der Waals surface area contributed by atoms with Crippen LogP contribution in [0.25, 0.3) is 4.85 Å². The number of aliphatic hydroxyl groups is 2. The number of hydrogen-bond acceptors (Lipinski definition) is 6. The van der Waals surface area contributed by atoms with Crippen molar-refractivity contribution in [1.29, 1.82) is 0 Å². The van der Waals surface area contributed by atoms with E-state index in [1.807, 2.05) is 0 Å². The number of sulfonamides is 1. The Hall–Kier alpha value is -1.81. The van der Waals surface area contributed by atoms with E-state index in [1.54, 1.807) is 19.1 Å². The zero-order chi connectivity index (χ0) is 22.3. The van der Waals surface area contributed by atoms with Crippen molar-refractivity contribution in [3.05, 3.63) is 63.9 Å². The summed E-state index contributed by atoms with van der Waals surface area (Å²) in [5.74, 6) is 0. The number of β-amino-alcohol motifs (C(OH)–C–C–N with tert-alkyl or cyclic N) is 1. The van der Waals surface area contributed by atoms with E-state index in [0.717, 1.165) is 4.31 Å². The second-order valence-corrected chi connectivity index (χ2v) is 12.1. The summed E-state index contributed by atoms with van der Waals surface area (Å²) in [5, 5.41) is 19.0. The predicted molar refractivity (Wildman–Crippen MR) is 113 cm³/mol. The number of aryl methyl sites for hydroxylation is 1. The molecule has 2 aromatic rings. The van der Waals surface area contributed by atoms with Crippen LogP contribution in [0.15, 0.2) is 56.7 Å². The largest absolute Gasteiger partial charge is 0.393 e. The summed E-state index contributed by atoms with van der Waals surface area (Å²) in [4.78, 5) is 3.03. The Morgan fingerprint density at radius 2 is 1.83 bits per heavy atom. The lowest BCUT2D eigenvalue weighted by atomic mass is 10.1. The van der Waals surface area contributed by atoms with Crippen LogP contribution in [0.1, 0.15) is 5.56 Å². The number of halogens is 1. The zero-order valence-electron chi connectivity index (χ0n) is 15.9. The minimum absolute atomic E-state index is 0.00884. The molecule has 0 bridgehead atoms. The van der Waals surface area contributed by atoms with Crippen LogP contribution in [-0.2, 0) is 19.9 Å². The molecule has 30 heavy (non-hydrogen) atoms. The van der Waals surface area contributed by atoms with Gasteiger partial charge in [-0.1, -0.05) is 40.2 Å². The van der Waals surface area contributed by atoms with E-state index >= 15 is 0 Å². The molecule has 2 N–H and O–H groups in total. The van der Waals surface area contributed by atoms with Gasteiger partial charge in [-0.05, 0) is 30.7 Å². The third-order valence-corrected chi connectivity index (χ3v) is 9.85. The summed E-state index contributed by atoms with van der Waals surface area (Å²) in [6.07, 6.45) is 0. The van der Waals surface area contributed by atoms with Crippen LogP contribution >= 0.6 is 15.9 Å². The fraction of sp³-hybridized carbons (Fsp3) is 0.316. The molecule has 2 atom stereocenters. The number of hydrogen-bond donors (Lipinski definition) is 2. The molecular weight excluding hydrogens is 496 g/mol. The maximum atomic E-state index is 13.2. The first-order chi connectivity index (χ1) is 14.0. The second kappa shape index (κ2) is 8.03. The van der Waals surface area contributed by atoms with E-state index in [0.29, 0.717) is 10.0 Å². The molecule has 0 saturated carbocycles. The molecule has 11 heteroatoms. The molecule has 1 heterocycles. The summed E-state index contributed by atoms with van der Waals surface area (Å²) >= 11 is 3.27. The van der Waals surface area contributed by atoms with Crippen molar-refractivity contribution < 1.29 is 27.0 Å². The molecule has 1 aliphatic rings. The monoisotopic (exact) mass is 514 g/mol. The van der Waals surface area contributed by atoms with Gasteiger partial charge in [-0.3, -0.25) is 0 Å². The van der Waals surface area contributed by atoms with Crippen LogP contribution < -0.4 is 0 Å². The smallest absolute Gasteiger partial charge is 0.243 e. The average molecular weight is 515 g/mol. The SMILES string of the molecule is [C-]#[N+]c1ccc(S(=O)(=O)[C@H]2CN(S(=O)(=O)c3ccc(Br)cc3C)C[C@@]2(O)CO)cc1. The molecule has 0 spiro atoms. The van der Waals surface area contributed by atoms with E-state index in [1.165, 1.54) is 30.3 Å². The molecule has 1 saturated heterocycles. The molecule has 0 radical (unpaired) electrons. The van der Waals surface area contributed by atoms with Gasteiger partial charge in [-0.15, -0.1) is 0 Å². The third kappa shape index (κ3) is 3.91. The lowest BCUT2D eigenvalue weighted by Crippen LogP contribution is -2.49. The van der Waals surface area contributed by atoms with Gasteiger partial charge >= 0.3 is 0 Å². The first-order valence-corrected chi connectivity index (χ1v) is 12.5. The maximum Gasteiger partial charge on any atom is 0.243 e. The van der Waals surface area contributed by atoms with Crippen LogP contribution in [0.3, 0.4) is 0 Å². The standard InChI is InChI=1S/C19H19BrN2O6S2/c1-13-9-14(20)3-8-17(13)30(27,28)22-10-18(19(24,11-22)12-23)29(25,26)16-6-4-15(21-2)5-7-16/h3-9,18,23-24H,10-12H2,1H3/t18-,19+/m0/s1. The maximum absolute atomic E-state index is 13.2. The van der Waals surface area contributed by atoms with Crippen molar-refractivity contribution in [1.82, 2.24) is 4.31 Å². The zero-order valence-corrected chi connectivity index (χ0v) is 19.1. The van der Waals surface area contributed by atoms with Gasteiger partial charge in [-0.2, -0.15) is 4.31 Å². The highest BCUT2D eigenvalue weighted by Crippen LogP contribution is 2.35. The Morgan fingerprint density at radius 3 is 2.37 bits per heavy atom. The summed E-state index contributed by atoms with van der Waals surface area (Å²) in [7, 11) is -8.32. The summed E-state index contributed by atoms with van der Waals surface area (Å²) < 4.78 is 54.2. The third-order valence-electron chi connectivity index (χ3n) is 5.12. The highest BCUT2D eigenvalue weighted by atomic mass is 79.9. The highest BCUT2D eigenvalue weighted by Gasteiger charge is 2.55. The molecule has 0 unspecified atom stereocenters. The molecular formula is C19H19BrN2O6S2. The van der Waals surface area contributed by atoms with Crippen molar-refractivity contribution >= 4 is 41.5 Å². The van der Waals surface area contributed by atoms with E-state index in [-0.39, 0.29) is 15.5 Å². The lowest BCUT2D eigenvalue weighted by Gasteiger charge is -2.26. The summed E-state index contributed by atoms with van der Waals surface area (Å²) in [6.45, 7) is 6.57. The highest BCUT2D eigenvalue weighted by molar-refractivity contribution is 9.10. The topological polar surface area (TPSA) is 116 Å². The van der Waals surface area contributed by atoms with Gasteiger partial charge in [0.2, 0.25) is 10.0 Å². The minimum Gasteiger partial charge on any atom is -0.393 e. The second-order valence-electron chi connectivity index (χ2n) is 7.11. The molecule has 1 fully saturated rings. The van der Waals surface area contributed by atoms with Crippen LogP contribution in [0.5, 0.6) is 0 Å².